The molecular weight excluding hydrogens is 697 g/mol. The topological polar surface area (TPSA) is 17.8 Å². The van der Waals surface area contributed by atoms with Gasteiger partial charge in [-0.05, 0) is 50.7 Å². The van der Waals surface area contributed by atoms with Crippen LogP contribution in [-0.2, 0) is 0 Å². The molecule has 3 heteroatoms. The van der Waals surface area contributed by atoms with Crippen LogP contribution in [0, 0.1) is 0 Å². The Morgan fingerprint density at radius 1 is 0.375 bits per heavy atom. The first kappa shape index (κ1) is 31.3. The van der Waals surface area contributed by atoms with Crippen molar-refractivity contribution in [1.82, 2.24) is 9.55 Å². The standard InChI is InChI=1S/C53H32N2S/c1-3-16-34(17-4-1)46-31-36(32-47(54-46)35-18-5-2-6-19-35)55-48-30-29-45-44-28-14-27-43(38-26-13-20-33-15-7-8-21-37(33)38)52(44)56-53(45)50(48)49-41-24-11-9-22-39(41)40-23-10-12-25-42(40)51(49)55/h1-32H. The number of hydrogen-bond acceptors (Lipinski definition) is 2. The van der Waals surface area contributed by atoms with Crippen LogP contribution < -0.4 is 0 Å². The van der Waals surface area contributed by atoms with Crippen molar-refractivity contribution in [2.45, 2.75) is 0 Å². The largest absolute Gasteiger partial charge is 0.308 e. The Labute approximate surface area is 327 Å². The van der Waals surface area contributed by atoms with Crippen LogP contribution in [0.1, 0.15) is 0 Å². The third-order valence-corrected chi connectivity index (χ3v) is 12.8. The molecule has 0 radical (unpaired) electrons. The van der Waals surface area contributed by atoms with Gasteiger partial charge in [0.25, 0.3) is 0 Å². The van der Waals surface area contributed by atoms with Gasteiger partial charge in [0.15, 0.2) is 0 Å². The Balaban J connectivity index is 1.26. The van der Waals surface area contributed by atoms with Crippen LogP contribution in [0.3, 0.4) is 0 Å². The number of thiophene rings is 1. The van der Waals surface area contributed by atoms with Crippen molar-refractivity contribution in [2.75, 3.05) is 0 Å². The highest BCUT2D eigenvalue weighted by atomic mass is 32.1. The van der Waals surface area contributed by atoms with Crippen LogP contribution in [0.5, 0.6) is 0 Å². The lowest BCUT2D eigenvalue weighted by atomic mass is 9.95. The Morgan fingerprint density at radius 3 is 1.64 bits per heavy atom. The summed E-state index contributed by atoms with van der Waals surface area (Å²) < 4.78 is 5.16. The fourth-order valence-corrected chi connectivity index (χ4v) is 10.5. The molecule has 0 saturated carbocycles. The summed E-state index contributed by atoms with van der Waals surface area (Å²) in [5, 5.41) is 12.7. The second-order valence-corrected chi connectivity index (χ2v) is 15.6. The van der Waals surface area contributed by atoms with Gasteiger partial charge >= 0.3 is 0 Å². The molecule has 0 aliphatic rings. The van der Waals surface area contributed by atoms with Gasteiger partial charge in [-0.2, -0.15) is 0 Å². The van der Waals surface area contributed by atoms with Crippen LogP contribution in [-0.4, -0.2) is 9.55 Å². The lowest BCUT2D eigenvalue weighted by Gasteiger charge is -2.15. The second-order valence-electron chi connectivity index (χ2n) is 14.6. The van der Waals surface area contributed by atoms with E-state index in [1.807, 2.05) is 11.3 Å². The summed E-state index contributed by atoms with van der Waals surface area (Å²) >= 11 is 1.93. The van der Waals surface area contributed by atoms with E-state index in [1.165, 1.54) is 85.4 Å². The molecule has 12 aromatic rings. The fraction of sp³-hybridized carbons (Fsp3) is 0. The predicted octanol–water partition coefficient (Wildman–Crippen LogP) is 15.0. The first-order valence-corrected chi connectivity index (χ1v) is 19.9. The Morgan fingerprint density at radius 2 is 0.911 bits per heavy atom. The first-order chi connectivity index (χ1) is 27.8. The van der Waals surface area contributed by atoms with Gasteiger partial charge in [0.2, 0.25) is 0 Å². The summed E-state index contributed by atoms with van der Waals surface area (Å²) in [4.78, 5) is 5.28. The smallest absolute Gasteiger partial charge is 0.0730 e. The molecule has 0 spiro atoms. The number of benzene rings is 9. The zero-order valence-electron chi connectivity index (χ0n) is 30.3. The van der Waals surface area contributed by atoms with Crippen LogP contribution in [0.15, 0.2) is 194 Å². The molecule has 12 rings (SSSR count). The van der Waals surface area contributed by atoms with Crippen molar-refractivity contribution >= 4 is 85.6 Å². The summed E-state index contributed by atoms with van der Waals surface area (Å²) in [5.74, 6) is 0. The summed E-state index contributed by atoms with van der Waals surface area (Å²) in [6, 6.07) is 70.6. The van der Waals surface area contributed by atoms with Crippen LogP contribution in [0.2, 0.25) is 0 Å². The highest BCUT2D eigenvalue weighted by Gasteiger charge is 2.24. The van der Waals surface area contributed by atoms with E-state index in [2.05, 4.69) is 199 Å². The zero-order valence-corrected chi connectivity index (χ0v) is 31.1. The molecule has 0 amide bonds. The van der Waals surface area contributed by atoms with E-state index >= 15 is 0 Å². The van der Waals surface area contributed by atoms with Crippen LogP contribution >= 0.6 is 11.3 Å². The molecule has 0 aliphatic heterocycles. The van der Waals surface area contributed by atoms with E-state index < -0.39 is 0 Å². The van der Waals surface area contributed by atoms with E-state index in [0.29, 0.717) is 0 Å². The Hall–Kier alpha value is -7.07. The lowest BCUT2D eigenvalue weighted by Crippen LogP contribution is -1.99. The fourth-order valence-electron chi connectivity index (χ4n) is 9.11. The monoisotopic (exact) mass is 728 g/mol. The maximum Gasteiger partial charge on any atom is 0.0730 e. The number of aromatic nitrogens is 2. The van der Waals surface area contributed by atoms with Gasteiger partial charge in [-0.3, -0.25) is 0 Å². The lowest BCUT2D eigenvalue weighted by molar-refractivity contribution is 1.16. The molecule has 3 heterocycles. The molecule has 260 valence electrons. The van der Waals surface area contributed by atoms with Crippen molar-refractivity contribution in [3.05, 3.63) is 194 Å². The van der Waals surface area contributed by atoms with E-state index in [9.17, 15) is 0 Å². The Kier molecular flexibility index (Phi) is 6.83. The molecule has 0 bridgehead atoms. The third kappa shape index (κ3) is 4.59. The summed E-state index contributed by atoms with van der Waals surface area (Å²) in [7, 11) is 0. The van der Waals surface area contributed by atoms with Gasteiger partial charge in [-0.15, -0.1) is 11.3 Å². The molecule has 0 N–H and O–H groups in total. The third-order valence-electron chi connectivity index (χ3n) is 11.6. The number of fused-ring (bicyclic) bond motifs is 13. The quantitative estimate of drug-likeness (QED) is 0.165. The van der Waals surface area contributed by atoms with Gasteiger partial charge < -0.3 is 4.57 Å². The van der Waals surface area contributed by atoms with E-state index in [4.69, 9.17) is 4.98 Å². The summed E-state index contributed by atoms with van der Waals surface area (Å²) in [5.41, 5.74) is 10.1. The minimum Gasteiger partial charge on any atom is -0.308 e. The number of hydrogen-bond donors (Lipinski definition) is 0. The van der Waals surface area contributed by atoms with E-state index in [-0.39, 0.29) is 0 Å². The van der Waals surface area contributed by atoms with Crippen LogP contribution in [0.4, 0.5) is 0 Å². The maximum absolute atomic E-state index is 5.28. The van der Waals surface area contributed by atoms with E-state index in [1.54, 1.807) is 0 Å². The van der Waals surface area contributed by atoms with E-state index in [0.717, 1.165) is 28.2 Å². The molecular formula is C53H32N2S. The Bertz CT molecular complexity index is 3460. The van der Waals surface area contributed by atoms with Gasteiger partial charge in [-0.25, -0.2) is 4.98 Å². The maximum atomic E-state index is 5.28. The highest BCUT2D eigenvalue weighted by molar-refractivity contribution is 7.27. The summed E-state index contributed by atoms with van der Waals surface area (Å²) in [6.45, 7) is 0. The SMILES string of the molecule is c1ccc(-c2cc(-n3c4ccc5c6cccc(-c7cccc8ccccc78)c6sc5c4c4c5ccccc5c5ccccc5c43)cc(-c3ccccc3)n2)cc1. The minimum atomic E-state index is 0.949. The van der Waals surface area contributed by atoms with Gasteiger partial charge in [0.05, 0.1) is 28.1 Å². The average molecular weight is 729 g/mol. The van der Waals surface area contributed by atoms with Crippen LogP contribution in [0.25, 0.3) is 114 Å². The molecule has 2 nitrogen and oxygen atoms in total. The number of rotatable bonds is 4. The predicted molar refractivity (Wildman–Crippen MR) is 240 cm³/mol. The van der Waals surface area contributed by atoms with Gasteiger partial charge in [0, 0.05) is 53.0 Å². The van der Waals surface area contributed by atoms with Gasteiger partial charge in [-0.1, -0.05) is 176 Å². The molecule has 3 aromatic heterocycles. The molecule has 0 fully saturated rings. The van der Waals surface area contributed by atoms with Crippen molar-refractivity contribution in [1.29, 1.82) is 0 Å². The minimum absolute atomic E-state index is 0.949. The normalized spacial score (nSPS) is 11.9. The second kappa shape index (κ2) is 12.2. The van der Waals surface area contributed by atoms with Crippen molar-refractivity contribution < 1.29 is 0 Å². The molecule has 0 saturated heterocycles. The molecule has 56 heavy (non-hydrogen) atoms. The van der Waals surface area contributed by atoms with Crippen molar-refractivity contribution in [2.24, 2.45) is 0 Å². The molecule has 0 aliphatic carbocycles. The molecule has 0 unspecified atom stereocenters. The molecule has 0 atom stereocenters. The van der Waals surface area contributed by atoms with Crippen molar-refractivity contribution in [3.63, 3.8) is 0 Å². The average Bonchev–Trinajstić information content (AvgIpc) is 3.84. The number of nitrogens with zero attached hydrogens (tertiary/aromatic N) is 2. The molecule has 9 aromatic carbocycles. The highest BCUT2D eigenvalue weighted by Crippen LogP contribution is 2.50. The number of pyridine rings is 1. The van der Waals surface area contributed by atoms with Gasteiger partial charge in [0.1, 0.15) is 0 Å². The van der Waals surface area contributed by atoms with Crippen molar-refractivity contribution in [3.8, 4) is 39.3 Å². The summed E-state index contributed by atoms with van der Waals surface area (Å²) in [6.07, 6.45) is 0. The zero-order chi connectivity index (χ0) is 36.7. The first-order valence-electron chi connectivity index (χ1n) is 19.1.